The number of pyridine rings is 2. The lowest BCUT2D eigenvalue weighted by Gasteiger charge is -2.14. The highest BCUT2D eigenvalue weighted by atomic mass is 19.1. The molecule has 0 aliphatic heterocycles. The Morgan fingerprint density at radius 3 is 2.70 bits per heavy atom. The van der Waals surface area contributed by atoms with Crippen molar-refractivity contribution in [2.45, 2.75) is 33.1 Å². The quantitative estimate of drug-likeness (QED) is 0.688. The van der Waals surface area contributed by atoms with Gasteiger partial charge in [0.1, 0.15) is 0 Å². The van der Waals surface area contributed by atoms with Crippen molar-refractivity contribution in [1.82, 2.24) is 9.97 Å². The minimum atomic E-state index is -0.383. The number of hydrogen-bond acceptors (Lipinski definition) is 3. The molecule has 0 radical (unpaired) electrons. The molecule has 1 aliphatic carbocycles. The molecule has 3 nitrogen and oxygen atoms in total. The molecule has 2 N–H and O–H groups in total. The molecule has 2 heterocycles. The maximum absolute atomic E-state index is 14.9. The van der Waals surface area contributed by atoms with Gasteiger partial charge in [-0.2, -0.15) is 0 Å². The van der Waals surface area contributed by atoms with Crippen LogP contribution in [0.3, 0.4) is 0 Å². The van der Waals surface area contributed by atoms with Gasteiger partial charge in [0.25, 0.3) is 0 Å². The van der Waals surface area contributed by atoms with E-state index in [1.54, 1.807) is 12.4 Å². The Hall–Kier alpha value is -2.49. The average molecular weight is 307 g/mol. The first-order chi connectivity index (χ1) is 11.1. The molecule has 0 unspecified atom stereocenters. The molecule has 0 atom stereocenters. The van der Waals surface area contributed by atoms with Crippen LogP contribution in [0.4, 0.5) is 10.1 Å². The first-order valence-electron chi connectivity index (χ1n) is 7.88. The highest BCUT2D eigenvalue weighted by Gasteiger charge is 2.20. The van der Waals surface area contributed by atoms with Gasteiger partial charge in [0, 0.05) is 40.3 Å². The van der Waals surface area contributed by atoms with Crippen LogP contribution in [-0.2, 0) is 12.8 Å². The van der Waals surface area contributed by atoms with Crippen molar-refractivity contribution in [3.05, 3.63) is 52.9 Å². The number of nitrogen functional groups attached to an aromatic ring is 1. The number of nitrogens with zero attached hydrogens (tertiary/aromatic N) is 2. The predicted molar refractivity (Wildman–Crippen MR) is 90.8 cm³/mol. The molecular formula is C19H18FN3. The fourth-order valence-corrected chi connectivity index (χ4v) is 3.55. The van der Waals surface area contributed by atoms with Gasteiger partial charge in [-0.3, -0.25) is 9.97 Å². The van der Waals surface area contributed by atoms with Crippen LogP contribution in [0, 0.1) is 19.7 Å². The molecule has 0 saturated heterocycles. The van der Waals surface area contributed by atoms with Crippen molar-refractivity contribution < 1.29 is 4.39 Å². The zero-order chi connectivity index (χ0) is 16.1. The third-order valence-electron chi connectivity index (χ3n) is 4.82. The molecule has 0 fully saturated rings. The fourth-order valence-electron chi connectivity index (χ4n) is 3.55. The summed E-state index contributed by atoms with van der Waals surface area (Å²) in [6.45, 7) is 3.97. The molecule has 1 aromatic carbocycles. The molecule has 0 spiro atoms. The number of halogens is 1. The third-order valence-corrected chi connectivity index (χ3v) is 4.82. The van der Waals surface area contributed by atoms with Gasteiger partial charge in [-0.15, -0.1) is 0 Å². The van der Waals surface area contributed by atoms with Gasteiger partial charge in [0.15, 0.2) is 5.82 Å². The lowest BCUT2D eigenvalue weighted by molar-refractivity contribution is 0.637. The van der Waals surface area contributed by atoms with Crippen LogP contribution in [0.2, 0.25) is 0 Å². The Balaban J connectivity index is 2.01. The Labute approximate surface area is 134 Å². The fraction of sp³-hybridized carbons (Fsp3) is 0.263. The Kier molecular flexibility index (Phi) is 3.08. The van der Waals surface area contributed by atoms with E-state index >= 15 is 0 Å². The lowest BCUT2D eigenvalue weighted by Crippen LogP contribution is -2.00. The Morgan fingerprint density at radius 2 is 1.87 bits per heavy atom. The van der Waals surface area contributed by atoms with Gasteiger partial charge in [-0.1, -0.05) is 0 Å². The zero-order valence-corrected chi connectivity index (χ0v) is 13.3. The molecule has 0 saturated carbocycles. The molecule has 3 aromatic rings. The molecule has 23 heavy (non-hydrogen) atoms. The van der Waals surface area contributed by atoms with E-state index in [1.807, 2.05) is 19.1 Å². The van der Waals surface area contributed by atoms with Crippen LogP contribution >= 0.6 is 0 Å². The predicted octanol–water partition coefficient (Wildman–Crippen LogP) is 4.12. The van der Waals surface area contributed by atoms with Crippen LogP contribution < -0.4 is 5.73 Å². The summed E-state index contributed by atoms with van der Waals surface area (Å²) >= 11 is 0. The van der Waals surface area contributed by atoms with Crippen LogP contribution in [0.15, 0.2) is 24.5 Å². The molecule has 2 aromatic heterocycles. The summed E-state index contributed by atoms with van der Waals surface area (Å²) in [6.07, 6.45) is 6.59. The summed E-state index contributed by atoms with van der Waals surface area (Å²) < 4.78 is 14.9. The second-order valence-electron chi connectivity index (χ2n) is 6.27. The minimum Gasteiger partial charge on any atom is -0.396 e. The Morgan fingerprint density at radius 1 is 1.04 bits per heavy atom. The normalized spacial score (nSPS) is 13.5. The summed E-state index contributed by atoms with van der Waals surface area (Å²) in [4.78, 5) is 8.76. The summed E-state index contributed by atoms with van der Waals surface area (Å²) in [7, 11) is 0. The van der Waals surface area contributed by atoms with Gasteiger partial charge >= 0.3 is 0 Å². The second kappa shape index (κ2) is 5.01. The smallest absolute Gasteiger partial charge is 0.154 e. The summed E-state index contributed by atoms with van der Waals surface area (Å²) in [5, 5.41) is 1.56. The number of aryl methyl sites for hydroxylation is 2. The average Bonchev–Trinajstić information content (AvgIpc) is 3.01. The third kappa shape index (κ3) is 2.09. The van der Waals surface area contributed by atoms with Crippen LogP contribution in [-0.4, -0.2) is 9.97 Å². The molecule has 4 heteroatoms. The van der Waals surface area contributed by atoms with Crippen molar-refractivity contribution in [2.75, 3.05) is 5.73 Å². The molecule has 1 aliphatic rings. The molecule has 0 bridgehead atoms. The van der Waals surface area contributed by atoms with Gasteiger partial charge in [-0.25, -0.2) is 4.39 Å². The number of anilines is 1. The number of fused-ring (bicyclic) bond motifs is 2. The van der Waals surface area contributed by atoms with Crippen molar-refractivity contribution >= 4 is 16.5 Å². The monoisotopic (exact) mass is 307 g/mol. The highest BCUT2D eigenvalue weighted by molar-refractivity contribution is 5.97. The maximum Gasteiger partial charge on any atom is 0.154 e. The molecular weight excluding hydrogens is 289 g/mol. The van der Waals surface area contributed by atoms with Crippen LogP contribution in [0.5, 0.6) is 0 Å². The second-order valence-corrected chi connectivity index (χ2v) is 6.27. The Bertz CT molecular complexity index is 947. The van der Waals surface area contributed by atoms with E-state index < -0.39 is 0 Å². The van der Waals surface area contributed by atoms with E-state index in [4.69, 9.17) is 5.73 Å². The van der Waals surface area contributed by atoms with E-state index in [0.717, 1.165) is 47.2 Å². The number of nitrogens with two attached hydrogens (primary N) is 1. The van der Waals surface area contributed by atoms with E-state index in [1.165, 1.54) is 5.56 Å². The summed E-state index contributed by atoms with van der Waals surface area (Å²) in [5.41, 5.74) is 12.0. The number of benzene rings is 1. The topological polar surface area (TPSA) is 51.8 Å². The van der Waals surface area contributed by atoms with Gasteiger partial charge in [-0.05, 0) is 61.8 Å². The SMILES string of the molecule is Cc1cc2cc(-c3cnc4c(c3C)CCC4)c(F)c(N)c2cn1. The van der Waals surface area contributed by atoms with Crippen LogP contribution in [0.1, 0.15) is 28.9 Å². The highest BCUT2D eigenvalue weighted by Crippen LogP contribution is 2.37. The van der Waals surface area contributed by atoms with Crippen molar-refractivity contribution in [1.29, 1.82) is 0 Å². The standard InChI is InChI=1S/C19H18FN3/c1-10-6-12-7-14(18(20)19(21)16(12)9-22-10)15-8-23-17-5-3-4-13(17)11(15)2/h6-9H,3-5,21H2,1-2H3. The van der Waals surface area contributed by atoms with Crippen molar-refractivity contribution in [3.8, 4) is 11.1 Å². The molecule has 116 valence electrons. The molecule has 4 rings (SSSR count). The maximum atomic E-state index is 14.9. The first-order valence-corrected chi connectivity index (χ1v) is 7.88. The number of hydrogen-bond donors (Lipinski definition) is 1. The largest absolute Gasteiger partial charge is 0.396 e. The summed E-state index contributed by atoms with van der Waals surface area (Å²) in [5.74, 6) is -0.383. The lowest BCUT2D eigenvalue weighted by atomic mass is 9.95. The number of rotatable bonds is 1. The van der Waals surface area contributed by atoms with Crippen molar-refractivity contribution in [2.24, 2.45) is 0 Å². The van der Waals surface area contributed by atoms with Crippen LogP contribution in [0.25, 0.3) is 21.9 Å². The van der Waals surface area contributed by atoms with Crippen molar-refractivity contribution in [3.63, 3.8) is 0 Å². The zero-order valence-electron chi connectivity index (χ0n) is 13.3. The van der Waals surface area contributed by atoms with E-state index in [-0.39, 0.29) is 11.5 Å². The number of aromatic nitrogens is 2. The van der Waals surface area contributed by atoms with E-state index in [9.17, 15) is 4.39 Å². The first kappa shape index (κ1) is 14.1. The summed E-state index contributed by atoms with van der Waals surface area (Å²) in [6, 6.07) is 3.80. The molecule has 0 amide bonds. The van der Waals surface area contributed by atoms with E-state index in [0.29, 0.717) is 10.9 Å². The van der Waals surface area contributed by atoms with E-state index in [2.05, 4.69) is 16.9 Å². The van der Waals surface area contributed by atoms with Gasteiger partial charge in [0.2, 0.25) is 0 Å². The minimum absolute atomic E-state index is 0.157. The van der Waals surface area contributed by atoms with Gasteiger partial charge in [0.05, 0.1) is 5.69 Å². The van der Waals surface area contributed by atoms with Gasteiger partial charge < -0.3 is 5.73 Å².